The maximum absolute atomic E-state index is 5.86. The maximum Gasteiger partial charge on any atom is 0.0406 e. The summed E-state index contributed by atoms with van der Waals surface area (Å²) < 4.78 is 0. The molecule has 0 aliphatic heterocycles. The van der Waals surface area contributed by atoms with Crippen molar-refractivity contribution in [2.75, 3.05) is 0 Å². The molecule has 90 valence electrons. The summed E-state index contributed by atoms with van der Waals surface area (Å²) in [6, 6.07) is 7.81. The van der Waals surface area contributed by atoms with E-state index in [1.807, 2.05) is 30.3 Å². The Bertz CT molecular complexity index is 548. The van der Waals surface area contributed by atoms with Crippen LogP contribution in [0.15, 0.2) is 72.5 Å². The number of rotatable bonds is 2. The summed E-state index contributed by atoms with van der Waals surface area (Å²) in [5.41, 5.74) is 5.09. The largest absolute Gasteiger partial charge is 0.132 e. The average molecular weight is 255 g/mol. The monoisotopic (exact) mass is 254 g/mol. The van der Waals surface area contributed by atoms with E-state index in [1.54, 1.807) is 0 Å². The highest BCUT2D eigenvalue weighted by Gasteiger charge is 2.15. The second kappa shape index (κ2) is 5.27. The third-order valence-corrected chi connectivity index (χ3v) is 3.14. The molecule has 0 spiro atoms. The molecule has 1 heteroatoms. The van der Waals surface area contributed by atoms with Crippen LogP contribution in [0.4, 0.5) is 0 Å². The van der Waals surface area contributed by atoms with E-state index in [4.69, 9.17) is 11.6 Å². The molecule has 0 N–H and O–H groups in total. The maximum atomic E-state index is 5.86. The second-order valence-corrected chi connectivity index (χ2v) is 5.01. The van der Waals surface area contributed by atoms with Crippen LogP contribution >= 0.6 is 11.6 Å². The van der Waals surface area contributed by atoms with Gasteiger partial charge in [-0.25, -0.2) is 0 Å². The first-order chi connectivity index (χ1) is 8.61. The van der Waals surface area contributed by atoms with E-state index in [0.717, 1.165) is 10.6 Å². The van der Waals surface area contributed by atoms with E-state index in [-0.39, 0.29) is 5.41 Å². The predicted octanol–water partition coefficient (Wildman–Crippen LogP) is 5.20. The number of allylic oxidation sites excluding steroid dienone is 6. The molecular formula is C17H15Cl. The van der Waals surface area contributed by atoms with Gasteiger partial charge in [0.25, 0.3) is 0 Å². The molecule has 2 rings (SSSR count). The van der Waals surface area contributed by atoms with Crippen molar-refractivity contribution in [3.05, 3.63) is 83.1 Å². The highest BCUT2D eigenvalue weighted by Crippen LogP contribution is 2.28. The SMILES string of the molecule is C=C=CC1(C)C=CC(=Cc2ccc(Cl)cc2)C=C1. The van der Waals surface area contributed by atoms with Crippen LogP contribution in [0.3, 0.4) is 0 Å². The smallest absolute Gasteiger partial charge is 0.0406 e. The Kier molecular flexibility index (Phi) is 3.72. The second-order valence-electron chi connectivity index (χ2n) is 4.58. The lowest BCUT2D eigenvalue weighted by Gasteiger charge is -2.19. The molecule has 0 saturated heterocycles. The summed E-state index contributed by atoms with van der Waals surface area (Å²) in [5, 5.41) is 0.760. The summed E-state index contributed by atoms with van der Waals surface area (Å²) in [7, 11) is 0. The molecule has 1 aromatic carbocycles. The molecule has 0 saturated carbocycles. The van der Waals surface area contributed by atoms with Crippen molar-refractivity contribution in [1.82, 2.24) is 0 Å². The molecule has 0 fully saturated rings. The molecule has 0 nitrogen and oxygen atoms in total. The molecule has 0 amide bonds. The average Bonchev–Trinajstić information content (AvgIpc) is 2.35. The normalized spacial score (nSPS) is 21.6. The molecule has 0 atom stereocenters. The summed E-state index contributed by atoms with van der Waals surface area (Å²) >= 11 is 5.86. The van der Waals surface area contributed by atoms with Crippen LogP contribution in [0.2, 0.25) is 5.02 Å². The predicted molar refractivity (Wildman–Crippen MR) is 79.5 cm³/mol. The Morgan fingerprint density at radius 3 is 2.33 bits per heavy atom. The number of hydrogen-bond acceptors (Lipinski definition) is 0. The Labute approximate surface area is 113 Å². The Balaban J connectivity index is 2.21. The molecule has 0 bridgehead atoms. The van der Waals surface area contributed by atoms with E-state index >= 15 is 0 Å². The standard InChI is InChI=1S/C17H15Cl/c1-3-10-17(2)11-8-15(9-12-17)13-14-4-6-16(18)7-5-14/h4-13H,1H2,2H3. The van der Waals surface area contributed by atoms with Gasteiger partial charge in [0, 0.05) is 10.4 Å². The minimum atomic E-state index is -0.0704. The fraction of sp³-hybridized carbons (Fsp3) is 0.118. The van der Waals surface area contributed by atoms with Crippen LogP contribution in [-0.2, 0) is 0 Å². The van der Waals surface area contributed by atoms with E-state index in [9.17, 15) is 0 Å². The molecule has 0 heterocycles. The molecule has 0 unspecified atom stereocenters. The Hall–Kier alpha value is -1.75. The van der Waals surface area contributed by atoms with Crippen LogP contribution in [0.5, 0.6) is 0 Å². The third-order valence-electron chi connectivity index (χ3n) is 2.89. The molecule has 0 radical (unpaired) electrons. The van der Waals surface area contributed by atoms with Gasteiger partial charge in [-0.05, 0) is 42.3 Å². The topological polar surface area (TPSA) is 0 Å². The van der Waals surface area contributed by atoms with Gasteiger partial charge < -0.3 is 0 Å². The van der Waals surface area contributed by atoms with E-state index < -0.39 is 0 Å². The summed E-state index contributed by atoms with van der Waals surface area (Å²) in [6.45, 7) is 5.74. The number of benzene rings is 1. The van der Waals surface area contributed by atoms with Crippen molar-refractivity contribution in [2.45, 2.75) is 6.92 Å². The lowest BCUT2D eigenvalue weighted by molar-refractivity contribution is 0.712. The Morgan fingerprint density at radius 2 is 1.78 bits per heavy atom. The zero-order valence-electron chi connectivity index (χ0n) is 10.4. The zero-order chi connectivity index (χ0) is 13.0. The van der Waals surface area contributed by atoms with E-state index in [2.05, 4.69) is 49.6 Å². The van der Waals surface area contributed by atoms with Gasteiger partial charge >= 0.3 is 0 Å². The van der Waals surface area contributed by atoms with Crippen molar-refractivity contribution in [3.63, 3.8) is 0 Å². The number of halogens is 1. The fourth-order valence-corrected chi connectivity index (χ4v) is 1.95. The quantitative estimate of drug-likeness (QED) is 0.637. The highest BCUT2D eigenvalue weighted by atomic mass is 35.5. The van der Waals surface area contributed by atoms with Crippen LogP contribution in [0.25, 0.3) is 6.08 Å². The molecular weight excluding hydrogens is 240 g/mol. The Morgan fingerprint density at radius 1 is 1.17 bits per heavy atom. The van der Waals surface area contributed by atoms with Gasteiger partial charge in [0.05, 0.1) is 0 Å². The van der Waals surface area contributed by atoms with Gasteiger partial charge in [-0.3, -0.25) is 0 Å². The van der Waals surface area contributed by atoms with Gasteiger partial charge in [0.2, 0.25) is 0 Å². The van der Waals surface area contributed by atoms with Gasteiger partial charge in [-0.1, -0.05) is 54.6 Å². The first kappa shape index (κ1) is 12.7. The van der Waals surface area contributed by atoms with Crippen molar-refractivity contribution >= 4 is 17.7 Å². The van der Waals surface area contributed by atoms with Crippen LogP contribution in [-0.4, -0.2) is 0 Å². The third kappa shape index (κ3) is 3.13. The lowest BCUT2D eigenvalue weighted by atomic mass is 9.85. The number of hydrogen-bond donors (Lipinski definition) is 0. The molecule has 1 aliphatic carbocycles. The van der Waals surface area contributed by atoms with Crippen LogP contribution in [0, 0.1) is 5.41 Å². The van der Waals surface area contributed by atoms with Gasteiger partial charge in [-0.2, -0.15) is 0 Å². The minimum absolute atomic E-state index is 0.0704. The summed E-state index contributed by atoms with van der Waals surface area (Å²) in [6.07, 6.45) is 12.6. The highest BCUT2D eigenvalue weighted by molar-refractivity contribution is 6.30. The molecule has 1 aromatic rings. The zero-order valence-corrected chi connectivity index (χ0v) is 11.1. The summed E-state index contributed by atoms with van der Waals surface area (Å²) in [5.74, 6) is 0. The molecule has 18 heavy (non-hydrogen) atoms. The van der Waals surface area contributed by atoms with Crippen molar-refractivity contribution in [2.24, 2.45) is 5.41 Å². The van der Waals surface area contributed by atoms with Gasteiger partial charge in [-0.15, -0.1) is 5.73 Å². The van der Waals surface area contributed by atoms with E-state index in [0.29, 0.717) is 0 Å². The first-order valence-corrected chi connectivity index (χ1v) is 6.22. The summed E-state index contributed by atoms with van der Waals surface area (Å²) in [4.78, 5) is 0. The van der Waals surface area contributed by atoms with Gasteiger partial charge in [0.1, 0.15) is 0 Å². The minimum Gasteiger partial charge on any atom is -0.132 e. The van der Waals surface area contributed by atoms with Crippen LogP contribution < -0.4 is 0 Å². The first-order valence-electron chi connectivity index (χ1n) is 5.84. The van der Waals surface area contributed by atoms with E-state index in [1.165, 1.54) is 5.57 Å². The van der Waals surface area contributed by atoms with Crippen LogP contribution in [0.1, 0.15) is 12.5 Å². The lowest BCUT2D eigenvalue weighted by Crippen LogP contribution is -2.07. The van der Waals surface area contributed by atoms with Crippen molar-refractivity contribution in [1.29, 1.82) is 0 Å². The van der Waals surface area contributed by atoms with Crippen molar-refractivity contribution in [3.8, 4) is 0 Å². The van der Waals surface area contributed by atoms with Gasteiger partial charge in [0.15, 0.2) is 0 Å². The molecule has 0 aromatic heterocycles. The molecule has 1 aliphatic rings. The fourth-order valence-electron chi connectivity index (χ4n) is 1.83. The van der Waals surface area contributed by atoms with Crippen molar-refractivity contribution < 1.29 is 0 Å².